The van der Waals surface area contributed by atoms with Crippen LogP contribution in [0.2, 0.25) is 10.0 Å². The average Bonchev–Trinajstić information content (AvgIpc) is 3.25. The molecular weight excluding hydrogens is 481 g/mol. The molecule has 0 spiro atoms. The van der Waals surface area contributed by atoms with Crippen molar-refractivity contribution in [3.8, 4) is 0 Å². The summed E-state index contributed by atoms with van der Waals surface area (Å²) in [4.78, 5) is 34.6. The van der Waals surface area contributed by atoms with Gasteiger partial charge in [0.2, 0.25) is 0 Å². The van der Waals surface area contributed by atoms with Gasteiger partial charge in [0, 0.05) is 35.6 Å². The molecule has 6 nitrogen and oxygen atoms in total. The van der Waals surface area contributed by atoms with E-state index >= 15 is 0 Å². The second-order valence-electron chi connectivity index (χ2n) is 7.38. The number of hydrogen-bond donors (Lipinski definition) is 1. The van der Waals surface area contributed by atoms with Gasteiger partial charge in [0.25, 0.3) is 5.91 Å². The Labute approximate surface area is 207 Å². The van der Waals surface area contributed by atoms with E-state index in [-0.39, 0.29) is 23.6 Å². The molecule has 3 aromatic rings. The summed E-state index contributed by atoms with van der Waals surface area (Å²) in [7, 11) is 0. The summed E-state index contributed by atoms with van der Waals surface area (Å²) in [5.74, 6) is -1.57. The number of carbonyl (C=O) groups is 2. The molecule has 174 valence electrons. The van der Waals surface area contributed by atoms with E-state index in [2.05, 4.69) is 9.88 Å². The first-order chi connectivity index (χ1) is 15.8. The van der Waals surface area contributed by atoms with Crippen molar-refractivity contribution in [3.63, 3.8) is 0 Å². The summed E-state index contributed by atoms with van der Waals surface area (Å²) in [5, 5.41) is 11.5. The number of aromatic nitrogens is 1. The highest BCUT2D eigenvalue weighted by atomic mass is 35.5. The molecule has 3 rings (SSSR count). The maximum atomic E-state index is 13.6. The first kappa shape index (κ1) is 25.0. The molecule has 1 atom stereocenters. The second kappa shape index (κ2) is 11.5. The first-order valence-corrected chi connectivity index (χ1v) is 12.1. The molecule has 0 saturated carbocycles. The van der Waals surface area contributed by atoms with Crippen molar-refractivity contribution in [2.45, 2.75) is 32.9 Å². The predicted octanol–water partition coefficient (Wildman–Crippen LogP) is 5.63. The number of carbonyl (C=O) groups excluding carboxylic acids is 1. The lowest BCUT2D eigenvalue weighted by Gasteiger charge is -2.29. The van der Waals surface area contributed by atoms with Crippen LogP contribution < -0.4 is 4.90 Å². The third-order valence-corrected chi connectivity index (χ3v) is 6.85. The molecule has 0 fully saturated rings. The molecule has 0 saturated heterocycles. The van der Waals surface area contributed by atoms with Crippen LogP contribution in [-0.4, -0.2) is 46.0 Å². The van der Waals surface area contributed by atoms with E-state index in [0.717, 1.165) is 28.7 Å². The van der Waals surface area contributed by atoms with Crippen LogP contribution in [-0.2, 0) is 17.8 Å². The van der Waals surface area contributed by atoms with Crippen molar-refractivity contribution in [2.75, 3.05) is 18.0 Å². The maximum absolute atomic E-state index is 13.6. The molecule has 1 unspecified atom stereocenters. The van der Waals surface area contributed by atoms with Crippen LogP contribution in [0.25, 0.3) is 0 Å². The van der Waals surface area contributed by atoms with Crippen molar-refractivity contribution in [1.29, 1.82) is 0 Å². The Morgan fingerprint density at radius 3 is 2.39 bits per heavy atom. The highest BCUT2D eigenvalue weighted by Crippen LogP contribution is 2.28. The molecule has 2 aromatic carbocycles. The summed E-state index contributed by atoms with van der Waals surface area (Å²) in [6.45, 7) is 5.80. The van der Waals surface area contributed by atoms with Gasteiger partial charge in [-0.3, -0.25) is 4.79 Å². The minimum atomic E-state index is -1.09. The molecule has 1 aromatic heterocycles. The molecule has 0 aliphatic rings. The average molecular weight is 506 g/mol. The molecule has 0 bridgehead atoms. The number of hydrogen-bond acceptors (Lipinski definition) is 5. The summed E-state index contributed by atoms with van der Waals surface area (Å²) >= 11 is 13.7. The van der Waals surface area contributed by atoms with Gasteiger partial charge in [-0.2, -0.15) is 0 Å². The number of thiazole rings is 1. The fraction of sp³-hybridized carbons (Fsp3) is 0.292. The smallest absolute Gasteiger partial charge is 0.326 e. The Balaban J connectivity index is 1.99. The second-order valence-corrected chi connectivity index (χ2v) is 9.32. The van der Waals surface area contributed by atoms with Crippen LogP contribution in [0, 0.1) is 0 Å². The molecule has 9 heteroatoms. The minimum Gasteiger partial charge on any atom is -0.480 e. The van der Waals surface area contributed by atoms with E-state index in [1.165, 1.54) is 28.4 Å². The maximum Gasteiger partial charge on any atom is 0.326 e. The Morgan fingerprint density at radius 1 is 1.09 bits per heavy atom. The van der Waals surface area contributed by atoms with Gasteiger partial charge in [-0.15, -0.1) is 11.3 Å². The first-order valence-electron chi connectivity index (χ1n) is 10.6. The van der Waals surface area contributed by atoms with E-state index in [1.807, 2.05) is 44.2 Å². The Hall–Kier alpha value is -2.61. The molecule has 1 heterocycles. The Bertz CT molecular complexity index is 1100. The monoisotopic (exact) mass is 505 g/mol. The topological polar surface area (TPSA) is 73.7 Å². The highest BCUT2D eigenvalue weighted by molar-refractivity contribution is 7.15. The van der Waals surface area contributed by atoms with Crippen LogP contribution in [0.4, 0.5) is 5.13 Å². The zero-order valence-electron chi connectivity index (χ0n) is 18.4. The van der Waals surface area contributed by atoms with E-state index in [4.69, 9.17) is 23.2 Å². The normalized spacial score (nSPS) is 11.8. The predicted molar refractivity (Wildman–Crippen MR) is 134 cm³/mol. The number of aliphatic carboxylic acids is 1. The van der Waals surface area contributed by atoms with Crippen LogP contribution in [0.15, 0.2) is 54.7 Å². The molecule has 0 radical (unpaired) electrons. The molecule has 1 N–H and O–H groups in total. The van der Waals surface area contributed by atoms with Gasteiger partial charge in [0.05, 0.1) is 17.1 Å². The number of nitrogens with zero attached hydrogens (tertiary/aromatic N) is 3. The lowest BCUT2D eigenvalue weighted by molar-refractivity contribution is -0.142. The summed E-state index contributed by atoms with van der Waals surface area (Å²) in [6, 6.07) is 12.7. The Kier molecular flexibility index (Phi) is 8.72. The third kappa shape index (κ3) is 6.25. The molecular formula is C24H25Cl2N3O3S. The lowest BCUT2D eigenvalue weighted by Crippen LogP contribution is -2.46. The van der Waals surface area contributed by atoms with Crippen molar-refractivity contribution < 1.29 is 14.7 Å². The standard InChI is InChI=1S/C24H25Cl2N3O3S/c1-3-28(4-2)24-27-14-18(33-24)15-29(22(30)19-11-10-17(25)13-20(19)26)21(23(31)32)12-16-8-6-5-7-9-16/h5-11,13-14,21H,3-4,12,15H2,1-2H3,(H,31,32). The molecule has 0 aliphatic heterocycles. The molecule has 1 amide bonds. The van der Waals surface area contributed by atoms with E-state index in [0.29, 0.717) is 5.02 Å². The molecule has 0 aliphatic carbocycles. The third-order valence-electron chi connectivity index (χ3n) is 5.26. The van der Waals surface area contributed by atoms with E-state index < -0.39 is 17.9 Å². The van der Waals surface area contributed by atoms with Crippen LogP contribution in [0.1, 0.15) is 34.6 Å². The summed E-state index contributed by atoms with van der Waals surface area (Å²) in [6.07, 6.45) is 1.86. The van der Waals surface area contributed by atoms with Crippen molar-refractivity contribution in [2.24, 2.45) is 0 Å². The summed E-state index contributed by atoms with van der Waals surface area (Å²) in [5.41, 5.74) is 1.02. The van der Waals surface area contributed by atoms with Gasteiger partial charge in [0.15, 0.2) is 5.13 Å². The zero-order chi connectivity index (χ0) is 24.0. The van der Waals surface area contributed by atoms with Gasteiger partial charge < -0.3 is 14.9 Å². The lowest BCUT2D eigenvalue weighted by atomic mass is 10.0. The van der Waals surface area contributed by atoms with Crippen molar-refractivity contribution in [3.05, 3.63) is 80.8 Å². The van der Waals surface area contributed by atoms with Crippen LogP contribution >= 0.6 is 34.5 Å². The van der Waals surface area contributed by atoms with Gasteiger partial charge in [0.1, 0.15) is 6.04 Å². The number of carboxylic acids is 1. The Morgan fingerprint density at radius 2 is 1.79 bits per heavy atom. The molecule has 33 heavy (non-hydrogen) atoms. The quantitative estimate of drug-likeness (QED) is 0.386. The van der Waals surface area contributed by atoms with Gasteiger partial charge in [-0.25, -0.2) is 9.78 Å². The van der Waals surface area contributed by atoms with Gasteiger partial charge in [-0.05, 0) is 37.6 Å². The zero-order valence-corrected chi connectivity index (χ0v) is 20.7. The van der Waals surface area contributed by atoms with Crippen molar-refractivity contribution >= 4 is 51.5 Å². The number of rotatable bonds is 10. The van der Waals surface area contributed by atoms with Gasteiger partial charge in [-0.1, -0.05) is 53.5 Å². The van der Waals surface area contributed by atoms with Crippen LogP contribution in [0.3, 0.4) is 0 Å². The number of carboxylic acid groups (broad SMARTS) is 1. The fourth-order valence-electron chi connectivity index (χ4n) is 3.49. The van der Waals surface area contributed by atoms with E-state index in [9.17, 15) is 14.7 Å². The van der Waals surface area contributed by atoms with Gasteiger partial charge >= 0.3 is 5.97 Å². The van der Waals surface area contributed by atoms with E-state index in [1.54, 1.807) is 12.3 Å². The number of amides is 1. The fourth-order valence-corrected chi connectivity index (χ4v) is 5.01. The number of anilines is 1. The number of benzene rings is 2. The van der Waals surface area contributed by atoms with Crippen LogP contribution in [0.5, 0.6) is 0 Å². The summed E-state index contributed by atoms with van der Waals surface area (Å²) < 4.78 is 0. The number of halogens is 2. The SMILES string of the molecule is CCN(CC)c1ncc(CN(C(=O)c2ccc(Cl)cc2Cl)C(Cc2ccccc2)C(=O)O)s1. The van der Waals surface area contributed by atoms with Crippen molar-refractivity contribution in [1.82, 2.24) is 9.88 Å². The highest BCUT2D eigenvalue weighted by Gasteiger charge is 2.32. The largest absolute Gasteiger partial charge is 0.480 e. The minimum absolute atomic E-state index is 0.0977.